The number of aliphatic imine (C=N–C) groups is 1. The van der Waals surface area contributed by atoms with E-state index in [9.17, 15) is 24.3 Å². The van der Waals surface area contributed by atoms with E-state index in [2.05, 4.69) is 25.9 Å². The smallest absolute Gasteiger partial charge is 0.360 e. The highest BCUT2D eigenvalue weighted by Gasteiger charge is 2.43. The summed E-state index contributed by atoms with van der Waals surface area (Å²) in [7, 11) is 0. The second-order valence-corrected chi connectivity index (χ2v) is 10.0. The maximum atomic E-state index is 12.6. The number of carbonyl (C=O) groups excluding carboxylic acids is 3. The first-order valence-electron chi connectivity index (χ1n) is 11.5. The van der Waals surface area contributed by atoms with E-state index in [0.717, 1.165) is 16.9 Å². The van der Waals surface area contributed by atoms with Gasteiger partial charge in [-0.2, -0.15) is 4.99 Å². The number of aliphatic carboxylic acids is 1. The molecule has 2 aromatic carbocycles. The molecule has 0 aliphatic rings. The molecule has 0 radical (unpaired) electrons. The summed E-state index contributed by atoms with van der Waals surface area (Å²) < 4.78 is 5.61. The number of anilines is 2. The van der Waals surface area contributed by atoms with Gasteiger partial charge in [0, 0.05) is 24.0 Å². The van der Waals surface area contributed by atoms with Crippen LogP contribution in [0.3, 0.4) is 0 Å². The van der Waals surface area contributed by atoms with E-state index in [4.69, 9.17) is 4.74 Å². The van der Waals surface area contributed by atoms with Gasteiger partial charge in [-0.3, -0.25) is 10.1 Å². The molecule has 0 unspecified atom stereocenters. The lowest BCUT2D eigenvalue weighted by molar-refractivity contribution is -0.182. The number of benzene rings is 2. The van der Waals surface area contributed by atoms with Gasteiger partial charge in [0.2, 0.25) is 6.08 Å². The molecule has 3 rings (SSSR count). The van der Waals surface area contributed by atoms with Crippen molar-refractivity contribution in [3.63, 3.8) is 0 Å². The van der Waals surface area contributed by atoms with Crippen molar-refractivity contribution >= 4 is 46.1 Å². The number of aromatic nitrogens is 1. The van der Waals surface area contributed by atoms with Crippen LogP contribution >= 0.6 is 11.3 Å². The molecule has 1 aromatic heterocycles. The first kappa shape index (κ1) is 28.2. The van der Waals surface area contributed by atoms with Crippen LogP contribution in [0.15, 0.2) is 65.0 Å². The zero-order valence-corrected chi connectivity index (χ0v) is 21.8. The fourth-order valence-corrected chi connectivity index (χ4v) is 4.06. The number of rotatable bonds is 10. The number of thiazole rings is 1. The predicted octanol–water partition coefficient (Wildman–Crippen LogP) is 4.19. The highest BCUT2D eigenvalue weighted by atomic mass is 32.1. The normalized spacial score (nSPS) is 12.5. The van der Waals surface area contributed by atoms with Crippen LogP contribution < -0.4 is 16.0 Å². The lowest BCUT2D eigenvalue weighted by Crippen LogP contribution is -2.47. The summed E-state index contributed by atoms with van der Waals surface area (Å²) in [5.41, 5.74) is -1.03. The molecule has 11 nitrogen and oxygen atoms in total. The van der Waals surface area contributed by atoms with E-state index >= 15 is 0 Å². The van der Waals surface area contributed by atoms with Gasteiger partial charge in [-0.05, 0) is 44.0 Å². The maximum absolute atomic E-state index is 12.6. The second-order valence-electron chi connectivity index (χ2n) is 9.17. The molecule has 1 heterocycles. The Labute approximate surface area is 223 Å². The van der Waals surface area contributed by atoms with Crippen LogP contribution in [0.2, 0.25) is 0 Å². The molecule has 3 amide bonds. The molecular formula is C26H27N5O6S. The van der Waals surface area contributed by atoms with Gasteiger partial charge in [0.1, 0.15) is 5.69 Å². The zero-order valence-electron chi connectivity index (χ0n) is 21.0. The van der Waals surface area contributed by atoms with E-state index in [1.807, 2.05) is 30.3 Å². The van der Waals surface area contributed by atoms with E-state index in [0.29, 0.717) is 17.8 Å². The average Bonchev–Trinajstić information content (AvgIpc) is 3.32. The summed E-state index contributed by atoms with van der Waals surface area (Å²) in [6.07, 6.45) is 1.07. The molecule has 0 saturated heterocycles. The monoisotopic (exact) mass is 537 g/mol. The number of hydrogen-bond acceptors (Lipinski definition) is 8. The number of carboxylic acid groups (broad SMARTS) is 1. The molecule has 3 aromatic rings. The van der Waals surface area contributed by atoms with Gasteiger partial charge < -0.3 is 20.5 Å². The number of nitrogens with zero attached hydrogens (tertiary/aromatic N) is 2. The average molecular weight is 538 g/mol. The largest absolute Gasteiger partial charge is 0.478 e. The number of carboxylic acids is 1. The van der Waals surface area contributed by atoms with Gasteiger partial charge in [-0.15, -0.1) is 11.3 Å². The number of amides is 3. The first-order chi connectivity index (χ1) is 18.0. The number of hydrogen-bond donors (Lipinski definition) is 4. The summed E-state index contributed by atoms with van der Waals surface area (Å²) in [6.45, 7) is 5.30. The van der Waals surface area contributed by atoms with Crippen LogP contribution in [-0.2, 0) is 27.3 Å². The summed E-state index contributed by atoms with van der Waals surface area (Å²) in [6, 6.07) is 15.3. The Morgan fingerprint density at radius 3 is 2.32 bits per heavy atom. The minimum Gasteiger partial charge on any atom is -0.478 e. The highest BCUT2D eigenvalue weighted by molar-refractivity contribution is 7.14. The van der Waals surface area contributed by atoms with Crippen LogP contribution in [0.25, 0.3) is 0 Å². The molecule has 1 atom stereocenters. The SMILES string of the molecule is CC(C)(C)O[C@@](Cc1ccc(NC(=O)c2csc(NC(=O)NCc3ccccc3)n2)cc1)(N=C=O)C(=O)O. The third-order valence-electron chi connectivity index (χ3n) is 4.94. The van der Waals surface area contributed by atoms with Crippen molar-refractivity contribution in [1.29, 1.82) is 0 Å². The molecule has 38 heavy (non-hydrogen) atoms. The van der Waals surface area contributed by atoms with Gasteiger partial charge >= 0.3 is 12.0 Å². The molecular weight excluding hydrogens is 510 g/mol. The van der Waals surface area contributed by atoms with Crippen LogP contribution in [-0.4, -0.2) is 45.4 Å². The third kappa shape index (κ3) is 8.07. The standard InChI is InChI=1S/C26H27N5O6S/c1-25(2,3)37-26(22(34)35,28-16-32)13-17-9-11-19(12-10-17)29-21(33)20-15-38-24(30-20)31-23(36)27-14-18-7-5-4-6-8-18/h4-12,15H,13-14H2,1-3H3,(H,29,33)(H,34,35)(H2,27,30,31,36)/t26-/m1/s1. The lowest BCUT2D eigenvalue weighted by atomic mass is 10.0. The van der Waals surface area contributed by atoms with Gasteiger partial charge in [0.15, 0.2) is 5.13 Å². The molecule has 4 N–H and O–H groups in total. The summed E-state index contributed by atoms with van der Waals surface area (Å²) >= 11 is 1.10. The van der Waals surface area contributed by atoms with E-state index in [1.165, 1.54) is 11.5 Å². The molecule has 0 saturated carbocycles. The Hall–Kier alpha value is -4.38. The molecule has 0 spiro atoms. The van der Waals surface area contributed by atoms with Gasteiger partial charge in [0.25, 0.3) is 11.6 Å². The second kappa shape index (κ2) is 12.2. The maximum Gasteiger partial charge on any atom is 0.360 e. The lowest BCUT2D eigenvalue weighted by Gasteiger charge is -2.32. The Kier molecular flexibility index (Phi) is 9.08. The van der Waals surface area contributed by atoms with Gasteiger partial charge in [-0.25, -0.2) is 19.4 Å². The van der Waals surface area contributed by atoms with E-state index < -0.39 is 29.2 Å². The van der Waals surface area contributed by atoms with Crippen molar-refractivity contribution in [2.24, 2.45) is 4.99 Å². The summed E-state index contributed by atoms with van der Waals surface area (Å²) in [5.74, 6) is -1.91. The number of carbonyl (C=O) groups is 3. The number of nitrogens with one attached hydrogen (secondary N) is 3. The van der Waals surface area contributed by atoms with Crippen molar-refractivity contribution in [3.05, 3.63) is 76.8 Å². The molecule has 198 valence electrons. The fraction of sp³-hybridized carbons (Fsp3) is 0.269. The van der Waals surface area contributed by atoms with E-state index in [1.54, 1.807) is 45.0 Å². The Morgan fingerprint density at radius 1 is 1.03 bits per heavy atom. The molecule has 0 aliphatic carbocycles. The molecule has 12 heteroatoms. The molecule has 0 fully saturated rings. The third-order valence-corrected chi connectivity index (χ3v) is 5.70. The van der Waals surface area contributed by atoms with Crippen LogP contribution in [0.4, 0.5) is 15.6 Å². The quantitative estimate of drug-likeness (QED) is 0.223. The molecule has 0 bridgehead atoms. The van der Waals surface area contributed by atoms with Crippen molar-refractivity contribution in [1.82, 2.24) is 10.3 Å². The van der Waals surface area contributed by atoms with E-state index in [-0.39, 0.29) is 17.2 Å². The van der Waals surface area contributed by atoms with Crippen molar-refractivity contribution < 1.29 is 29.0 Å². The van der Waals surface area contributed by atoms with Crippen molar-refractivity contribution in [3.8, 4) is 0 Å². The minimum atomic E-state index is -2.14. The number of urea groups is 1. The van der Waals surface area contributed by atoms with Crippen molar-refractivity contribution in [2.75, 3.05) is 10.6 Å². The summed E-state index contributed by atoms with van der Waals surface area (Å²) in [5, 5.41) is 19.5. The van der Waals surface area contributed by atoms with Crippen LogP contribution in [0.1, 0.15) is 42.4 Å². The number of ether oxygens (including phenoxy) is 1. The molecule has 0 aliphatic heterocycles. The Morgan fingerprint density at radius 2 is 1.71 bits per heavy atom. The van der Waals surface area contributed by atoms with Gasteiger partial charge in [0.05, 0.1) is 5.60 Å². The number of isocyanates is 1. The Balaban J connectivity index is 1.60. The fourth-order valence-electron chi connectivity index (χ4n) is 3.38. The van der Waals surface area contributed by atoms with Gasteiger partial charge in [-0.1, -0.05) is 42.5 Å². The topological polar surface area (TPSA) is 159 Å². The Bertz CT molecular complexity index is 1330. The predicted molar refractivity (Wildman–Crippen MR) is 142 cm³/mol. The van der Waals surface area contributed by atoms with Crippen LogP contribution in [0, 0.1) is 0 Å². The first-order valence-corrected chi connectivity index (χ1v) is 12.3. The minimum absolute atomic E-state index is 0.112. The van der Waals surface area contributed by atoms with Crippen LogP contribution in [0.5, 0.6) is 0 Å². The van der Waals surface area contributed by atoms with Crippen molar-refractivity contribution in [2.45, 2.75) is 45.1 Å². The zero-order chi connectivity index (χ0) is 27.8. The highest BCUT2D eigenvalue weighted by Crippen LogP contribution is 2.27. The summed E-state index contributed by atoms with van der Waals surface area (Å²) in [4.78, 5) is 55.2.